The molecule has 1 saturated carbocycles. The minimum absolute atomic E-state index is 0.0853. The van der Waals surface area contributed by atoms with Crippen LogP contribution in [-0.4, -0.2) is 35.5 Å². The summed E-state index contributed by atoms with van der Waals surface area (Å²) in [5.41, 5.74) is 1.18. The second-order valence-corrected chi connectivity index (χ2v) is 8.98. The first-order valence-corrected chi connectivity index (χ1v) is 9.54. The molecule has 3 atom stereocenters. The Hall–Kier alpha value is -0.670. The molecule has 0 aromatic heterocycles. The van der Waals surface area contributed by atoms with Gasteiger partial charge in [-0.05, 0) is 39.4 Å². The molecule has 116 valence electrons. The quantitative estimate of drug-likeness (QED) is 0.865. The van der Waals surface area contributed by atoms with Crippen LogP contribution in [0.5, 0.6) is 0 Å². The number of hydrogen-bond donors (Lipinski definition) is 1. The zero-order valence-electron chi connectivity index (χ0n) is 13.2. The molecule has 1 aromatic rings. The summed E-state index contributed by atoms with van der Waals surface area (Å²) < 4.78 is 17.8. The van der Waals surface area contributed by atoms with Crippen LogP contribution in [0.25, 0.3) is 0 Å². The van der Waals surface area contributed by atoms with Crippen molar-refractivity contribution in [3.8, 4) is 0 Å². The SMILES string of the molecule is C[C@@H](NP1(=O)N(C)[C@@H]2CCCC[C@H]2N1C)c1ccccc1. The number of likely N-dealkylation sites (N-methyl/N-ethyl adjacent to an activating group) is 2. The molecule has 0 spiro atoms. The lowest BCUT2D eigenvalue weighted by atomic mass is 9.91. The number of nitrogens with zero attached hydrogens (tertiary/aromatic N) is 2. The van der Waals surface area contributed by atoms with E-state index in [2.05, 4.69) is 33.5 Å². The predicted molar refractivity (Wildman–Crippen MR) is 87.2 cm³/mol. The number of nitrogens with one attached hydrogen (secondary N) is 1. The summed E-state index contributed by atoms with van der Waals surface area (Å²) in [7, 11) is 1.39. The number of benzene rings is 1. The summed E-state index contributed by atoms with van der Waals surface area (Å²) in [6, 6.07) is 11.2. The van der Waals surface area contributed by atoms with Crippen LogP contribution in [0, 0.1) is 0 Å². The Labute approximate surface area is 128 Å². The molecule has 0 unspecified atom stereocenters. The van der Waals surface area contributed by atoms with Crippen molar-refractivity contribution in [3.63, 3.8) is 0 Å². The van der Waals surface area contributed by atoms with Gasteiger partial charge in [-0.2, -0.15) is 0 Å². The zero-order chi connectivity index (χ0) is 15.0. The molecule has 21 heavy (non-hydrogen) atoms. The standard InChI is InChI=1S/C16H26N3OP/c1-13(14-9-5-4-6-10-14)17-21(20)18(2)15-11-7-8-12-16(15)19(21)3/h4-6,9-10,13,15-16H,7-8,11-12H2,1-3H3,(H,17,20)/t13-,15-,16-/m1/s1. The Morgan fingerprint density at radius 3 is 2.14 bits per heavy atom. The third-order valence-electron chi connectivity index (χ3n) is 5.17. The van der Waals surface area contributed by atoms with E-state index in [4.69, 9.17) is 0 Å². The highest BCUT2D eigenvalue weighted by atomic mass is 31.2. The van der Waals surface area contributed by atoms with Gasteiger partial charge in [-0.1, -0.05) is 43.2 Å². The average Bonchev–Trinajstić information content (AvgIpc) is 2.71. The van der Waals surface area contributed by atoms with Crippen LogP contribution in [0.1, 0.15) is 44.2 Å². The van der Waals surface area contributed by atoms with Crippen LogP contribution < -0.4 is 5.09 Å². The van der Waals surface area contributed by atoms with Crippen molar-refractivity contribution < 1.29 is 4.57 Å². The Morgan fingerprint density at radius 2 is 1.62 bits per heavy atom. The van der Waals surface area contributed by atoms with Crippen molar-refractivity contribution in [2.75, 3.05) is 14.1 Å². The summed E-state index contributed by atoms with van der Waals surface area (Å²) in [6.45, 7) is 2.10. The van der Waals surface area contributed by atoms with Gasteiger partial charge >= 0.3 is 0 Å². The van der Waals surface area contributed by atoms with Gasteiger partial charge in [0.15, 0.2) is 0 Å². The molecule has 1 N–H and O–H groups in total. The maximum atomic E-state index is 13.6. The fourth-order valence-corrected chi connectivity index (χ4v) is 6.64. The molecule has 0 amide bonds. The van der Waals surface area contributed by atoms with E-state index in [-0.39, 0.29) is 6.04 Å². The molecule has 4 nitrogen and oxygen atoms in total. The van der Waals surface area contributed by atoms with Crippen molar-refractivity contribution >= 4 is 7.59 Å². The molecule has 5 heteroatoms. The van der Waals surface area contributed by atoms with Gasteiger partial charge in [0.05, 0.1) is 0 Å². The van der Waals surface area contributed by atoms with Crippen molar-refractivity contribution in [3.05, 3.63) is 35.9 Å². The van der Waals surface area contributed by atoms with Crippen molar-refractivity contribution in [1.82, 2.24) is 14.4 Å². The van der Waals surface area contributed by atoms with E-state index >= 15 is 0 Å². The summed E-state index contributed by atoms with van der Waals surface area (Å²) in [6.07, 6.45) is 4.84. The normalized spacial score (nSPS) is 31.0. The zero-order valence-corrected chi connectivity index (χ0v) is 14.1. The molecule has 1 heterocycles. The van der Waals surface area contributed by atoms with Gasteiger partial charge in [0, 0.05) is 18.1 Å². The molecule has 1 aliphatic carbocycles. The van der Waals surface area contributed by atoms with E-state index in [0.717, 1.165) is 12.8 Å². The summed E-state index contributed by atoms with van der Waals surface area (Å²) in [5, 5.41) is 3.43. The van der Waals surface area contributed by atoms with Gasteiger partial charge in [-0.3, -0.25) is 4.57 Å². The Kier molecular flexibility index (Phi) is 4.24. The predicted octanol–water partition coefficient (Wildman–Crippen LogP) is 3.63. The van der Waals surface area contributed by atoms with Crippen LogP contribution in [0.15, 0.2) is 30.3 Å². The largest absolute Gasteiger partial charge is 0.284 e. The first kappa shape index (κ1) is 15.2. The smallest absolute Gasteiger partial charge is 0.270 e. The highest BCUT2D eigenvalue weighted by molar-refractivity contribution is 7.57. The third kappa shape index (κ3) is 2.59. The molecule has 0 bridgehead atoms. The summed E-state index contributed by atoms with van der Waals surface area (Å²) in [5.74, 6) is 0. The highest BCUT2D eigenvalue weighted by Crippen LogP contribution is 2.59. The van der Waals surface area contributed by atoms with Crippen LogP contribution in [0.3, 0.4) is 0 Å². The molecule has 0 radical (unpaired) electrons. The van der Waals surface area contributed by atoms with Crippen molar-refractivity contribution in [2.24, 2.45) is 0 Å². The molecule has 2 fully saturated rings. The minimum atomic E-state index is -2.66. The number of hydrogen-bond acceptors (Lipinski definition) is 1. The van der Waals surface area contributed by atoms with Gasteiger partial charge < -0.3 is 0 Å². The Morgan fingerprint density at radius 1 is 1.10 bits per heavy atom. The lowest BCUT2D eigenvalue weighted by Crippen LogP contribution is -2.37. The fraction of sp³-hybridized carbons (Fsp3) is 0.625. The molecule has 2 aliphatic rings. The fourth-order valence-electron chi connectivity index (χ4n) is 3.84. The van der Waals surface area contributed by atoms with Gasteiger partial charge in [0.2, 0.25) is 0 Å². The average molecular weight is 307 g/mol. The second-order valence-electron chi connectivity index (χ2n) is 6.37. The molecule has 1 saturated heterocycles. The first-order valence-electron chi connectivity index (χ1n) is 7.93. The highest BCUT2D eigenvalue weighted by Gasteiger charge is 2.52. The van der Waals surface area contributed by atoms with E-state index in [1.807, 2.05) is 32.3 Å². The van der Waals surface area contributed by atoms with Gasteiger partial charge in [0.25, 0.3) is 7.59 Å². The van der Waals surface area contributed by atoms with Crippen LogP contribution in [-0.2, 0) is 4.57 Å². The Balaban J connectivity index is 1.81. The summed E-state index contributed by atoms with van der Waals surface area (Å²) in [4.78, 5) is 0. The molecule has 1 aromatic carbocycles. The maximum Gasteiger partial charge on any atom is 0.284 e. The maximum absolute atomic E-state index is 13.6. The lowest BCUT2D eigenvalue weighted by Gasteiger charge is -2.30. The second kappa shape index (κ2) is 5.85. The van der Waals surface area contributed by atoms with Crippen molar-refractivity contribution in [1.29, 1.82) is 0 Å². The van der Waals surface area contributed by atoms with Crippen LogP contribution in [0.4, 0.5) is 0 Å². The number of fused-ring (bicyclic) bond motifs is 1. The van der Waals surface area contributed by atoms with E-state index in [1.54, 1.807) is 0 Å². The van der Waals surface area contributed by atoms with Crippen molar-refractivity contribution in [2.45, 2.75) is 50.7 Å². The van der Waals surface area contributed by atoms with Gasteiger partial charge in [-0.15, -0.1) is 0 Å². The summed E-state index contributed by atoms with van der Waals surface area (Å²) >= 11 is 0. The lowest BCUT2D eigenvalue weighted by molar-refractivity contribution is 0.233. The minimum Gasteiger partial charge on any atom is -0.270 e. The van der Waals surface area contributed by atoms with Crippen LogP contribution in [0.2, 0.25) is 0 Å². The van der Waals surface area contributed by atoms with Gasteiger partial charge in [0.1, 0.15) is 0 Å². The molecule has 1 aliphatic heterocycles. The van der Waals surface area contributed by atoms with Gasteiger partial charge in [-0.25, -0.2) is 14.4 Å². The van der Waals surface area contributed by atoms with E-state index in [0.29, 0.717) is 12.1 Å². The third-order valence-corrected chi connectivity index (χ3v) is 8.20. The van der Waals surface area contributed by atoms with Crippen LogP contribution >= 0.6 is 7.59 Å². The Bertz CT molecular complexity index is 514. The molecular weight excluding hydrogens is 281 g/mol. The van der Waals surface area contributed by atoms with E-state index in [9.17, 15) is 4.57 Å². The first-order chi connectivity index (χ1) is 10.0. The topological polar surface area (TPSA) is 35.6 Å². The van der Waals surface area contributed by atoms with E-state index < -0.39 is 7.59 Å². The molecular formula is C16H26N3OP. The monoisotopic (exact) mass is 307 g/mol. The molecule has 3 rings (SSSR count). The number of rotatable bonds is 3. The van der Waals surface area contributed by atoms with E-state index in [1.165, 1.54) is 18.4 Å².